The summed E-state index contributed by atoms with van der Waals surface area (Å²) in [6.07, 6.45) is -4.72. The van der Waals surface area contributed by atoms with Crippen LogP contribution in [-0.2, 0) is 6.54 Å². The fourth-order valence-corrected chi connectivity index (χ4v) is 2.35. The van der Waals surface area contributed by atoms with E-state index in [1.165, 1.54) is 12.1 Å². The van der Waals surface area contributed by atoms with Gasteiger partial charge in [0.25, 0.3) is 0 Å². The van der Waals surface area contributed by atoms with E-state index in [1.807, 2.05) is 24.3 Å². The average molecular weight is 472 g/mol. The molecule has 0 heterocycles. The molecule has 0 aliphatic rings. The summed E-state index contributed by atoms with van der Waals surface area (Å²) in [5, 5.41) is 2.95. The number of benzene rings is 2. The van der Waals surface area contributed by atoms with Crippen LogP contribution in [0, 0.1) is 3.57 Å². The Balaban J connectivity index is 2.13. The van der Waals surface area contributed by atoms with Gasteiger partial charge in [-0.3, -0.25) is 0 Å². The third-order valence-corrected chi connectivity index (χ3v) is 3.78. The van der Waals surface area contributed by atoms with E-state index in [4.69, 9.17) is 0 Å². The minimum atomic E-state index is -4.72. The Morgan fingerprint density at radius 2 is 1.76 bits per heavy atom. The van der Waals surface area contributed by atoms with Crippen LogP contribution in [0.25, 0.3) is 0 Å². The lowest BCUT2D eigenvalue weighted by molar-refractivity contribution is -0.274. The zero-order valence-corrected chi connectivity index (χ0v) is 14.3. The van der Waals surface area contributed by atoms with Gasteiger partial charge >= 0.3 is 6.36 Å². The molecule has 112 valence electrons. The molecule has 2 nitrogen and oxygen atoms in total. The third-order valence-electron chi connectivity index (χ3n) is 2.57. The molecule has 0 aliphatic heterocycles. The van der Waals surface area contributed by atoms with Crippen molar-refractivity contribution < 1.29 is 17.9 Å². The fourth-order valence-electron chi connectivity index (χ4n) is 1.65. The summed E-state index contributed by atoms with van der Waals surface area (Å²) >= 11 is 5.32. The van der Waals surface area contributed by atoms with E-state index in [9.17, 15) is 13.2 Å². The quantitative estimate of drug-likeness (QED) is 0.589. The molecule has 0 saturated heterocycles. The highest BCUT2D eigenvalue weighted by Gasteiger charge is 2.32. The first-order chi connectivity index (χ1) is 9.83. The van der Waals surface area contributed by atoms with Crippen LogP contribution in [0.4, 0.5) is 18.9 Å². The first kappa shape index (κ1) is 16.4. The molecular formula is C14H10BrF3INO. The van der Waals surface area contributed by atoms with Gasteiger partial charge in [0, 0.05) is 14.6 Å². The van der Waals surface area contributed by atoms with E-state index in [1.54, 1.807) is 6.07 Å². The standard InChI is InChI=1S/C14H10BrF3INO/c15-10-3-6-12(13(7-10)21-14(16,17)18)20-8-9-1-4-11(19)5-2-9/h1-7,20H,8H2. The van der Waals surface area contributed by atoms with Crippen molar-refractivity contribution in [3.8, 4) is 5.75 Å². The maximum atomic E-state index is 12.4. The summed E-state index contributed by atoms with van der Waals surface area (Å²) in [6, 6.07) is 12.2. The third kappa shape index (κ3) is 5.39. The summed E-state index contributed by atoms with van der Waals surface area (Å²) < 4.78 is 42.8. The van der Waals surface area contributed by atoms with Gasteiger partial charge in [0.15, 0.2) is 5.75 Å². The average Bonchev–Trinajstić information content (AvgIpc) is 2.38. The Kier molecular flexibility index (Phi) is 5.37. The van der Waals surface area contributed by atoms with E-state index >= 15 is 0 Å². The normalized spacial score (nSPS) is 11.3. The first-order valence-corrected chi connectivity index (χ1v) is 7.74. The van der Waals surface area contributed by atoms with Crippen molar-refractivity contribution >= 4 is 44.2 Å². The molecule has 0 spiro atoms. The van der Waals surface area contributed by atoms with Crippen LogP contribution in [0.3, 0.4) is 0 Å². The van der Waals surface area contributed by atoms with Crippen molar-refractivity contribution in [3.05, 3.63) is 56.1 Å². The van der Waals surface area contributed by atoms with E-state index in [-0.39, 0.29) is 11.4 Å². The topological polar surface area (TPSA) is 21.3 Å². The summed E-state index contributed by atoms with van der Waals surface area (Å²) in [7, 11) is 0. The minimum Gasteiger partial charge on any atom is -0.404 e. The highest BCUT2D eigenvalue weighted by atomic mass is 127. The van der Waals surface area contributed by atoms with Gasteiger partial charge in [0.1, 0.15) is 0 Å². The van der Waals surface area contributed by atoms with Crippen molar-refractivity contribution in [2.24, 2.45) is 0 Å². The zero-order valence-electron chi connectivity index (χ0n) is 10.5. The first-order valence-electron chi connectivity index (χ1n) is 5.87. The number of rotatable bonds is 4. The second-order valence-corrected chi connectivity index (χ2v) is 6.33. The number of hydrogen-bond acceptors (Lipinski definition) is 2. The largest absolute Gasteiger partial charge is 0.573 e. The van der Waals surface area contributed by atoms with E-state index < -0.39 is 6.36 Å². The fraction of sp³-hybridized carbons (Fsp3) is 0.143. The Morgan fingerprint density at radius 1 is 1.10 bits per heavy atom. The van der Waals surface area contributed by atoms with E-state index in [0.29, 0.717) is 11.0 Å². The van der Waals surface area contributed by atoms with Gasteiger partial charge in [-0.25, -0.2) is 0 Å². The van der Waals surface area contributed by atoms with Gasteiger partial charge in [-0.05, 0) is 58.5 Å². The maximum Gasteiger partial charge on any atom is 0.573 e. The van der Waals surface area contributed by atoms with Crippen molar-refractivity contribution in [2.75, 3.05) is 5.32 Å². The molecule has 7 heteroatoms. The predicted octanol–water partition coefficient (Wildman–Crippen LogP) is 5.56. The number of nitrogens with one attached hydrogen (secondary N) is 1. The Labute approximate surface area is 142 Å². The Bertz CT molecular complexity index is 617. The second-order valence-electron chi connectivity index (χ2n) is 4.17. The van der Waals surface area contributed by atoms with Crippen LogP contribution in [0.2, 0.25) is 0 Å². The highest BCUT2D eigenvalue weighted by molar-refractivity contribution is 14.1. The van der Waals surface area contributed by atoms with Crippen LogP contribution in [0.15, 0.2) is 46.9 Å². The number of anilines is 1. The lowest BCUT2D eigenvalue weighted by Gasteiger charge is -2.15. The van der Waals surface area contributed by atoms with Crippen LogP contribution >= 0.6 is 38.5 Å². The molecule has 2 aromatic carbocycles. The summed E-state index contributed by atoms with van der Waals surface area (Å²) in [4.78, 5) is 0. The molecule has 0 atom stereocenters. The van der Waals surface area contributed by atoms with Crippen molar-refractivity contribution in [1.29, 1.82) is 0 Å². The van der Waals surface area contributed by atoms with Crippen LogP contribution in [0.1, 0.15) is 5.56 Å². The van der Waals surface area contributed by atoms with Crippen molar-refractivity contribution in [1.82, 2.24) is 0 Å². The molecule has 0 radical (unpaired) electrons. The smallest absolute Gasteiger partial charge is 0.404 e. The van der Waals surface area contributed by atoms with Gasteiger partial charge in [0.05, 0.1) is 5.69 Å². The van der Waals surface area contributed by atoms with E-state index in [2.05, 4.69) is 48.6 Å². The maximum absolute atomic E-state index is 12.4. The molecular weight excluding hydrogens is 462 g/mol. The van der Waals surface area contributed by atoms with Gasteiger partial charge in [-0.15, -0.1) is 13.2 Å². The van der Waals surface area contributed by atoms with E-state index in [0.717, 1.165) is 9.13 Å². The molecule has 0 aromatic heterocycles. The number of ether oxygens (including phenoxy) is 1. The summed E-state index contributed by atoms with van der Waals surface area (Å²) in [5.41, 5.74) is 1.25. The minimum absolute atomic E-state index is 0.262. The molecule has 21 heavy (non-hydrogen) atoms. The summed E-state index contributed by atoms with van der Waals surface area (Å²) in [6.45, 7) is 0.409. The SMILES string of the molecule is FC(F)(F)Oc1cc(Br)ccc1NCc1ccc(I)cc1. The van der Waals surface area contributed by atoms with Gasteiger partial charge in [-0.2, -0.15) is 0 Å². The molecule has 2 rings (SSSR count). The number of alkyl halides is 3. The molecule has 0 amide bonds. The lowest BCUT2D eigenvalue weighted by Crippen LogP contribution is -2.18. The van der Waals surface area contributed by atoms with Crippen LogP contribution < -0.4 is 10.1 Å². The second kappa shape index (κ2) is 6.87. The van der Waals surface area contributed by atoms with Crippen LogP contribution in [0.5, 0.6) is 5.75 Å². The molecule has 0 saturated carbocycles. The molecule has 0 aliphatic carbocycles. The monoisotopic (exact) mass is 471 g/mol. The number of halogens is 5. The van der Waals surface area contributed by atoms with Crippen LogP contribution in [-0.4, -0.2) is 6.36 Å². The molecule has 1 N–H and O–H groups in total. The summed E-state index contributed by atoms with van der Waals surface area (Å²) in [5.74, 6) is -0.262. The van der Waals surface area contributed by atoms with Crippen molar-refractivity contribution in [2.45, 2.75) is 12.9 Å². The Morgan fingerprint density at radius 3 is 2.38 bits per heavy atom. The van der Waals surface area contributed by atoms with Gasteiger partial charge in [-0.1, -0.05) is 28.1 Å². The molecule has 0 fully saturated rings. The molecule has 0 unspecified atom stereocenters. The lowest BCUT2D eigenvalue weighted by atomic mass is 10.2. The Hall–Kier alpha value is -0.960. The van der Waals surface area contributed by atoms with Gasteiger partial charge < -0.3 is 10.1 Å². The van der Waals surface area contributed by atoms with Gasteiger partial charge in [0.2, 0.25) is 0 Å². The highest BCUT2D eigenvalue weighted by Crippen LogP contribution is 2.33. The number of hydrogen-bond donors (Lipinski definition) is 1. The predicted molar refractivity (Wildman–Crippen MR) is 87.3 cm³/mol. The van der Waals surface area contributed by atoms with Crippen molar-refractivity contribution in [3.63, 3.8) is 0 Å². The molecule has 2 aromatic rings. The zero-order chi connectivity index (χ0) is 15.5. The molecule has 0 bridgehead atoms.